The summed E-state index contributed by atoms with van der Waals surface area (Å²) in [5.74, 6) is -0.129. The number of hydrogen-bond acceptors (Lipinski definition) is 5. The van der Waals surface area contributed by atoms with Crippen molar-refractivity contribution in [3.05, 3.63) is 90.0 Å². The van der Waals surface area contributed by atoms with E-state index in [4.69, 9.17) is 4.74 Å². The number of anilines is 1. The fraction of sp³-hybridized carbons (Fsp3) is 0.375. The first kappa shape index (κ1) is 31.7. The number of carbonyl (C=O) groups excluding carboxylic acids is 2. The van der Waals surface area contributed by atoms with E-state index in [1.54, 1.807) is 42.5 Å². The third kappa shape index (κ3) is 8.33. The smallest absolute Gasteiger partial charge is 0.264 e. The van der Waals surface area contributed by atoms with Gasteiger partial charge in [-0.25, -0.2) is 8.42 Å². The summed E-state index contributed by atoms with van der Waals surface area (Å²) in [5, 5.41) is 2.95. The zero-order valence-electron chi connectivity index (χ0n) is 24.4. The molecule has 0 aliphatic rings. The van der Waals surface area contributed by atoms with Crippen LogP contribution < -0.4 is 14.4 Å². The number of nitrogens with one attached hydrogen (secondary N) is 1. The summed E-state index contributed by atoms with van der Waals surface area (Å²) in [7, 11) is -4.11. The second kappa shape index (κ2) is 15.2. The van der Waals surface area contributed by atoms with Gasteiger partial charge in [0, 0.05) is 13.1 Å². The number of rotatable bonds is 15. The van der Waals surface area contributed by atoms with Crippen LogP contribution in [0, 0.1) is 6.92 Å². The van der Waals surface area contributed by atoms with Gasteiger partial charge in [-0.3, -0.25) is 13.9 Å². The van der Waals surface area contributed by atoms with Crippen LogP contribution in [0.5, 0.6) is 5.75 Å². The molecule has 0 saturated carbocycles. The van der Waals surface area contributed by atoms with Crippen LogP contribution in [-0.2, 0) is 26.2 Å². The van der Waals surface area contributed by atoms with Crippen molar-refractivity contribution in [2.24, 2.45) is 0 Å². The summed E-state index contributed by atoms with van der Waals surface area (Å²) >= 11 is 0. The molecule has 220 valence electrons. The van der Waals surface area contributed by atoms with Crippen molar-refractivity contribution in [1.82, 2.24) is 10.2 Å². The minimum Gasteiger partial charge on any atom is -0.494 e. The van der Waals surface area contributed by atoms with Crippen LogP contribution in [0.3, 0.4) is 0 Å². The lowest BCUT2D eigenvalue weighted by atomic mass is 10.1. The van der Waals surface area contributed by atoms with E-state index < -0.39 is 28.5 Å². The highest BCUT2D eigenvalue weighted by Crippen LogP contribution is 2.27. The molecular weight excluding hydrogens is 538 g/mol. The summed E-state index contributed by atoms with van der Waals surface area (Å²) in [5.41, 5.74) is 2.19. The number of benzene rings is 3. The molecule has 0 fully saturated rings. The van der Waals surface area contributed by atoms with Crippen molar-refractivity contribution in [2.75, 3.05) is 24.0 Å². The highest BCUT2D eigenvalue weighted by Gasteiger charge is 2.33. The van der Waals surface area contributed by atoms with E-state index in [0.29, 0.717) is 31.0 Å². The van der Waals surface area contributed by atoms with Gasteiger partial charge in [0.05, 0.1) is 17.2 Å². The number of hydrogen-bond donors (Lipinski definition) is 1. The molecule has 0 aromatic heterocycles. The molecule has 0 heterocycles. The Morgan fingerprint density at radius 1 is 0.902 bits per heavy atom. The Hall–Kier alpha value is -3.85. The van der Waals surface area contributed by atoms with Crippen LogP contribution >= 0.6 is 0 Å². The van der Waals surface area contributed by atoms with Gasteiger partial charge < -0.3 is 15.0 Å². The van der Waals surface area contributed by atoms with E-state index in [2.05, 4.69) is 5.32 Å². The minimum absolute atomic E-state index is 0.0662. The van der Waals surface area contributed by atoms with Crippen LogP contribution in [0.25, 0.3) is 0 Å². The van der Waals surface area contributed by atoms with E-state index in [1.807, 2.05) is 52.0 Å². The SMILES string of the molecule is CCCCNC(=O)[C@H](CC)N(Cc1ccccc1C)C(=O)CN(c1ccc(OCC)cc1)S(=O)(=O)c1ccccc1. The molecule has 3 rings (SSSR count). The molecular formula is C32H41N3O5S. The zero-order chi connectivity index (χ0) is 29.8. The fourth-order valence-corrected chi connectivity index (χ4v) is 5.96. The zero-order valence-corrected chi connectivity index (χ0v) is 25.2. The first-order valence-electron chi connectivity index (χ1n) is 14.1. The van der Waals surface area contributed by atoms with Crippen LogP contribution in [0.1, 0.15) is 51.2 Å². The Morgan fingerprint density at radius 2 is 1.56 bits per heavy atom. The second-order valence-electron chi connectivity index (χ2n) is 9.77. The summed E-state index contributed by atoms with van der Waals surface area (Å²) in [4.78, 5) is 29.0. The highest BCUT2D eigenvalue weighted by molar-refractivity contribution is 7.92. The molecule has 0 radical (unpaired) electrons. The molecule has 0 bridgehead atoms. The molecule has 0 aliphatic carbocycles. The van der Waals surface area contributed by atoms with E-state index in [1.165, 1.54) is 17.0 Å². The van der Waals surface area contributed by atoms with Crippen molar-refractivity contribution in [3.8, 4) is 5.75 Å². The Labute approximate surface area is 244 Å². The van der Waals surface area contributed by atoms with Crippen molar-refractivity contribution >= 4 is 27.5 Å². The van der Waals surface area contributed by atoms with Crippen LogP contribution in [0.15, 0.2) is 83.8 Å². The quantitative estimate of drug-likeness (QED) is 0.246. The summed E-state index contributed by atoms with van der Waals surface area (Å²) in [6.45, 7) is 8.39. The molecule has 3 aromatic carbocycles. The molecule has 1 atom stereocenters. The van der Waals surface area contributed by atoms with Crippen molar-refractivity contribution < 1.29 is 22.7 Å². The Balaban J connectivity index is 2.03. The maximum Gasteiger partial charge on any atom is 0.264 e. The topological polar surface area (TPSA) is 96.0 Å². The molecule has 41 heavy (non-hydrogen) atoms. The Kier molecular flexibility index (Phi) is 11.8. The summed E-state index contributed by atoms with van der Waals surface area (Å²) in [6.07, 6.45) is 2.14. The normalized spacial score (nSPS) is 11.9. The van der Waals surface area contributed by atoms with Gasteiger partial charge in [-0.05, 0) is 74.2 Å². The predicted molar refractivity (Wildman–Crippen MR) is 162 cm³/mol. The number of sulfonamides is 1. The van der Waals surface area contributed by atoms with Crippen molar-refractivity contribution in [1.29, 1.82) is 0 Å². The largest absolute Gasteiger partial charge is 0.494 e. The summed E-state index contributed by atoms with van der Waals surface area (Å²) < 4.78 is 34.4. The van der Waals surface area contributed by atoms with E-state index in [9.17, 15) is 18.0 Å². The molecule has 2 amide bonds. The Morgan fingerprint density at radius 3 is 2.17 bits per heavy atom. The van der Waals surface area contributed by atoms with Gasteiger partial charge >= 0.3 is 0 Å². The maximum absolute atomic E-state index is 14.1. The molecule has 0 saturated heterocycles. The van der Waals surface area contributed by atoms with Crippen LogP contribution in [0.4, 0.5) is 5.69 Å². The first-order chi connectivity index (χ1) is 19.7. The molecule has 1 N–H and O–H groups in total. The van der Waals surface area contributed by atoms with E-state index >= 15 is 0 Å². The number of amides is 2. The number of unbranched alkanes of at least 4 members (excludes halogenated alkanes) is 1. The number of nitrogens with zero attached hydrogens (tertiary/aromatic N) is 2. The van der Waals surface area contributed by atoms with E-state index in [-0.39, 0.29) is 17.3 Å². The van der Waals surface area contributed by atoms with Gasteiger partial charge in [-0.1, -0.05) is 62.7 Å². The average molecular weight is 580 g/mol. The minimum atomic E-state index is -4.11. The summed E-state index contributed by atoms with van der Waals surface area (Å²) in [6, 6.07) is 21.5. The fourth-order valence-electron chi connectivity index (χ4n) is 4.52. The molecule has 0 aliphatic heterocycles. The number of carbonyl (C=O) groups is 2. The average Bonchev–Trinajstić information content (AvgIpc) is 2.98. The van der Waals surface area contributed by atoms with Gasteiger partial charge in [0.25, 0.3) is 10.0 Å². The van der Waals surface area contributed by atoms with Gasteiger partial charge in [0.15, 0.2) is 0 Å². The van der Waals surface area contributed by atoms with Crippen LogP contribution in [0.2, 0.25) is 0 Å². The third-order valence-corrected chi connectivity index (χ3v) is 8.65. The number of ether oxygens (including phenoxy) is 1. The third-order valence-electron chi connectivity index (χ3n) is 6.86. The van der Waals surface area contributed by atoms with Crippen molar-refractivity contribution in [2.45, 2.75) is 64.4 Å². The first-order valence-corrected chi connectivity index (χ1v) is 15.6. The standard InChI is InChI=1S/C32H41N3O5S/c1-5-8-22-33-32(37)30(6-2)34(23-26-15-13-12-14-25(26)4)31(36)24-35(27-18-20-28(21-19-27)40-7-3)41(38,39)29-16-10-9-11-17-29/h9-21,30H,5-8,22-24H2,1-4H3,(H,33,37)/t30-/m0/s1. The highest BCUT2D eigenvalue weighted by atomic mass is 32.2. The molecule has 9 heteroatoms. The van der Waals surface area contributed by atoms with Crippen molar-refractivity contribution in [3.63, 3.8) is 0 Å². The maximum atomic E-state index is 14.1. The molecule has 0 unspecified atom stereocenters. The van der Waals surface area contributed by atoms with E-state index in [0.717, 1.165) is 28.3 Å². The number of aryl methyl sites for hydroxylation is 1. The van der Waals surface area contributed by atoms with Gasteiger partial charge in [-0.15, -0.1) is 0 Å². The van der Waals surface area contributed by atoms with Gasteiger partial charge in [-0.2, -0.15) is 0 Å². The predicted octanol–water partition coefficient (Wildman–Crippen LogP) is 5.31. The molecule has 3 aromatic rings. The monoisotopic (exact) mass is 579 g/mol. The molecule has 0 spiro atoms. The lowest BCUT2D eigenvalue weighted by molar-refractivity contribution is -0.140. The Bertz CT molecular complexity index is 1380. The molecule has 8 nitrogen and oxygen atoms in total. The lowest BCUT2D eigenvalue weighted by Gasteiger charge is -2.33. The van der Waals surface area contributed by atoms with Gasteiger partial charge in [0.2, 0.25) is 11.8 Å². The lowest BCUT2D eigenvalue weighted by Crippen LogP contribution is -2.52. The van der Waals surface area contributed by atoms with Crippen LogP contribution in [-0.4, -0.2) is 50.9 Å². The second-order valence-corrected chi connectivity index (χ2v) is 11.6. The van der Waals surface area contributed by atoms with Gasteiger partial charge in [0.1, 0.15) is 18.3 Å².